The number of esters is 1. The molecular formula is C11H20N4O3. The zero-order valence-electron chi connectivity index (χ0n) is 11.4. The van der Waals surface area contributed by atoms with Gasteiger partial charge in [-0.1, -0.05) is 19.0 Å². The summed E-state index contributed by atoms with van der Waals surface area (Å²) in [6, 6.07) is -0.775. The Balaban J connectivity index is 4.88. The van der Waals surface area contributed by atoms with E-state index in [4.69, 9.17) is 5.53 Å². The van der Waals surface area contributed by atoms with Crippen molar-refractivity contribution in [2.24, 2.45) is 11.0 Å². The van der Waals surface area contributed by atoms with Crippen LogP contribution < -0.4 is 5.32 Å². The van der Waals surface area contributed by atoms with Crippen molar-refractivity contribution in [3.63, 3.8) is 0 Å². The molecule has 0 aromatic rings. The Hall–Kier alpha value is -1.75. The Morgan fingerprint density at radius 1 is 1.44 bits per heavy atom. The quantitative estimate of drug-likeness (QED) is 0.339. The molecule has 0 spiro atoms. The van der Waals surface area contributed by atoms with E-state index in [1.54, 1.807) is 6.92 Å². The largest absolute Gasteiger partial charge is 0.467 e. The lowest BCUT2D eigenvalue weighted by Crippen LogP contribution is -2.49. The number of ether oxygens (including phenoxy) is 1. The second kappa shape index (κ2) is 6.86. The molecular weight excluding hydrogens is 236 g/mol. The van der Waals surface area contributed by atoms with Crippen molar-refractivity contribution in [1.29, 1.82) is 0 Å². The van der Waals surface area contributed by atoms with Crippen LogP contribution >= 0.6 is 0 Å². The Morgan fingerprint density at radius 2 is 2.00 bits per heavy atom. The zero-order valence-corrected chi connectivity index (χ0v) is 11.4. The molecule has 7 heteroatoms. The maximum atomic E-state index is 12.0. The zero-order chi connectivity index (χ0) is 14.3. The minimum Gasteiger partial charge on any atom is -0.467 e. The standard InChI is InChI=1S/C11H20N4O3/c1-7(2)6-11(4,14-15-12)10(17)13-8(3)9(16)18-5/h7-8H,6H2,1-5H3,(H,13,17)/t8-,11-/m0/s1. The lowest BCUT2D eigenvalue weighted by molar-refractivity contribution is -0.145. The molecule has 0 unspecified atom stereocenters. The number of nitrogens with zero attached hydrogens (tertiary/aromatic N) is 3. The van der Waals surface area contributed by atoms with Gasteiger partial charge in [-0.25, -0.2) is 4.79 Å². The highest BCUT2D eigenvalue weighted by atomic mass is 16.5. The van der Waals surface area contributed by atoms with E-state index >= 15 is 0 Å². The minimum absolute atomic E-state index is 0.180. The average Bonchev–Trinajstić information content (AvgIpc) is 2.26. The molecule has 0 rings (SSSR count). The van der Waals surface area contributed by atoms with Crippen LogP contribution in [0.4, 0.5) is 0 Å². The van der Waals surface area contributed by atoms with E-state index in [-0.39, 0.29) is 5.92 Å². The smallest absolute Gasteiger partial charge is 0.328 e. The van der Waals surface area contributed by atoms with E-state index in [1.807, 2.05) is 13.8 Å². The Kier molecular flexibility index (Phi) is 6.19. The molecule has 0 fully saturated rings. The predicted octanol–water partition coefficient (Wildman–Crippen LogP) is 1.78. The molecule has 0 aliphatic rings. The summed E-state index contributed by atoms with van der Waals surface area (Å²) in [6.07, 6.45) is 0.400. The number of amides is 1. The van der Waals surface area contributed by atoms with Gasteiger partial charge in [-0.05, 0) is 31.7 Å². The van der Waals surface area contributed by atoms with E-state index in [2.05, 4.69) is 20.1 Å². The lowest BCUT2D eigenvalue weighted by Gasteiger charge is -2.26. The van der Waals surface area contributed by atoms with Gasteiger partial charge in [-0.2, -0.15) is 0 Å². The molecule has 0 radical (unpaired) electrons. The summed E-state index contributed by atoms with van der Waals surface area (Å²) >= 11 is 0. The van der Waals surface area contributed by atoms with Crippen LogP contribution in [-0.2, 0) is 14.3 Å². The van der Waals surface area contributed by atoms with Gasteiger partial charge in [0, 0.05) is 4.91 Å². The first-order valence-electron chi connectivity index (χ1n) is 5.72. The topological polar surface area (TPSA) is 104 Å². The van der Waals surface area contributed by atoms with Crippen LogP contribution in [0.5, 0.6) is 0 Å². The normalized spacial score (nSPS) is 15.2. The van der Waals surface area contributed by atoms with Gasteiger partial charge in [0.05, 0.1) is 7.11 Å². The highest BCUT2D eigenvalue weighted by Gasteiger charge is 2.34. The molecule has 1 amide bonds. The maximum Gasteiger partial charge on any atom is 0.328 e. The van der Waals surface area contributed by atoms with Gasteiger partial charge in [-0.3, -0.25) is 4.79 Å². The number of carbonyl (C=O) groups excluding carboxylic acids is 2. The number of rotatable bonds is 6. The van der Waals surface area contributed by atoms with Crippen LogP contribution in [0, 0.1) is 5.92 Å². The molecule has 0 bridgehead atoms. The molecule has 0 aromatic heterocycles. The Labute approximate surface area is 107 Å². The monoisotopic (exact) mass is 256 g/mol. The lowest BCUT2D eigenvalue weighted by atomic mass is 9.90. The third kappa shape index (κ3) is 4.63. The van der Waals surface area contributed by atoms with E-state index in [0.717, 1.165) is 0 Å². The van der Waals surface area contributed by atoms with Crippen LogP contribution in [0.15, 0.2) is 5.11 Å². The average molecular weight is 256 g/mol. The van der Waals surface area contributed by atoms with Crippen molar-refractivity contribution in [2.45, 2.75) is 45.7 Å². The maximum absolute atomic E-state index is 12.0. The fraction of sp³-hybridized carbons (Fsp3) is 0.818. The predicted molar refractivity (Wildman–Crippen MR) is 66.6 cm³/mol. The first kappa shape index (κ1) is 16.2. The second-order valence-corrected chi connectivity index (χ2v) is 4.78. The third-order valence-corrected chi connectivity index (χ3v) is 2.46. The molecule has 0 heterocycles. The van der Waals surface area contributed by atoms with Crippen LogP contribution in [0.1, 0.15) is 34.1 Å². The van der Waals surface area contributed by atoms with Crippen molar-refractivity contribution in [3.05, 3.63) is 10.4 Å². The molecule has 0 saturated heterocycles. The van der Waals surface area contributed by atoms with E-state index < -0.39 is 23.5 Å². The van der Waals surface area contributed by atoms with Crippen molar-refractivity contribution < 1.29 is 14.3 Å². The molecule has 2 atom stereocenters. The fourth-order valence-electron chi connectivity index (χ4n) is 1.66. The fourth-order valence-corrected chi connectivity index (χ4v) is 1.66. The molecule has 7 nitrogen and oxygen atoms in total. The van der Waals surface area contributed by atoms with Crippen LogP contribution in [-0.4, -0.2) is 30.6 Å². The van der Waals surface area contributed by atoms with Gasteiger partial charge in [0.15, 0.2) is 0 Å². The van der Waals surface area contributed by atoms with Crippen molar-refractivity contribution in [1.82, 2.24) is 5.32 Å². The number of hydrogen-bond donors (Lipinski definition) is 1. The van der Waals surface area contributed by atoms with Gasteiger partial charge >= 0.3 is 5.97 Å². The number of hydrogen-bond acceptors (Lipinski definition) is 4. The summed E-state index contributed by atoms with van der Waals surface area (Å²) in [5.74, 6) is -0.845. The third-order valence-electron chi connectivity index (χ3n) is 2.46. The van der Waals surface area contributed by atoms with Gasteiger partial charge < -0.3 is 10.1 Å². The summed E-state index contributed by atoms with van der Waals surface area (Å²) in [4.78, 5) is 26.0. The van der Waals surface area contributed by atoms with Crippen molar-refractivity contribution >= 4 is 11.9 Å². The van der Waals surface area contributed by atoms with E-state index in [9.17, 15) is 9.59 Å². The summed E-state index contributed by atoms with van der Waals surface area (Å²) in [7, 11) is 1.24. The first-order valence-corrected chi connectivity index (χ1v) is 5.72. The first-order chi connectivity index (χ1) is 8.26. The highest BCUT2D eigenvalue weighted by Crippen LogP contribution is 2.21. The number of nitrogens with one attached hydrogen (secondary N) is 1. The highest BCUT2D eigenvalue weighted by molar-refractivity contribution is 5.90. The van der Waals surface area contributed by atoms with E-state index in [1.165, 1.54) is 14.0 Å². The van der Waals surface area contributed by atoms with Gasteiger partial charge in [0.2, 0.25) is 5.91 Å². The van der Waals surface area contributed by atoms with E-state index in [0.29, 0.717) is 6.42 Å². The molecule has 0 aliphatic carbocycles. The van der Waals surface area contributed by atoms with Crippen molar-refractivity contribution in [2.75, 3.05) is 7.11 Å². The van der Waals surface area contributed by atoms with Gasteiger partial charge in [-0.15, -0.1) is 0 Å². The second-order valence-electron chi connectivity index (χ2n) is 4.78. The molecule has 0 saturated carbocycles. The number of carbonyl (C=O) groups is 2. The molecule has 102 valence electrons. The summed E-state index contributed by atoms with van der Waals surface area (Å²) in [6.45, 7) is 6.89. The summed E-state index contributed by atoms with van der Waals surface area (Å²) < 4.78 is 4.51. The van der Waals surface area contributed by atoms with Gasteiger partial charge in [0.25, 0.3) is 0 Å². The summed E-state index contributed by atoms with van der Waals surface area (Å²) in [5.41, 5.74) is 7.34. The minimum atomic E-state index is -1.20. The Bertz CT molecular complexity index is 363. The van der Waals surface area contributed by atoms with Crippen LogP contribution in [0.2, 0.25) is 0 Å². The van der Waals surface area contributed by atoms with Crippen LogP contribution in [0.25, 0.3) is 10.4 Å². The number of azide groups is 1. The SMILES string of the molecule is COC(=O)[C@H](C)NC(=O)[C@](C)(CC(C)C)N=[N+]=[N-]. The Morgan fingerprint density at radius 3 is 2.39 bits per heavy atom. The summed E-state index contributed by atoms with van der Waals surface area (Å²) in [5, 5.41) is 6.03. The van der Waals surface area contributed by atoms with Crippen LogP contribution in [0.3, 0.4) is 0 Å². The molecule has 18 heavy (non-hydrogen) atoms. The van der Waals surface area contributed by atoms with Crippen molar-refractivity contribution in [3.8, 4) is 0 Å². The number of methoxy groups -OCH3 is 1. The molecule has 1 N–H and O–H groups in total. The van der Waals surface area contributed by atoms with Gasteiger partial charge in [0.1, 0.15) is 11.6 Å². The molecule has 0 aliphatic heterocycles. The molecule has 0 aromatic carbocycles.